The summed E-state index contributed by atoms with van der Waals surface area (Å²) < 4.78 is 25.9. The molecule has 0 bridgehead atoms. The Morgan fingerprint density at radius 2 is 1.92 bits per heavy atom. The number of nitrogens with zero attached hydrogens (tertiary/aromatic N) is 2. The number of nitrogens with one attached hydrogen (secondary N) is 1. The standard InChI is InChI=1S/C25H26FN3O7/c26-18-12-15(13-28-8-10-35-11-9-28)4-5-16(18)14-36-20-3-1-2-17-22(20)25(33,34)29(24(17)32)19-6-7-21(30)27-23(19)31/h1-5,12,19,33-34H,6-11,13-14H2,(H,27,30,31). The van der Waals surface area contributed by atoms with Crippen molar-refractivity contribution in [2.75, 3.05) is 26.3 Å². The molecule has 3 N–H and O–H groups in total. The average molecular weight is 499 g/mol. The zero-order chi connectivity index (χ0) is 25.4. The van der Waals surface area contributed by atoms with Crippen molar-refractivity contribution in [3.8, 4) is 5.75 Å². The van der Waals surface area contributed by atoms with Gasteiger partial charge in [0.15, 0.2) is 0 Å². The van der Waals surface area contributed by atoms with E-state index in [1.165, 1.54) is 24.3 Å². The molecule has 0 aromatic heterocycles. The lowest BCUT2D eigenvalue weighted by atomic mass is 10.0. The van der Waals surface area contributed by atoms with Crippen molar-refractivity contribution in [1.82, 2.24) is 15.1 Å². The Kier molecular flexibility index (Phi) is 6.47. The number of rotatable bonds is 6. The van der Waals surface area contributed by atoms with E-state index in [2.05, 4.69) is 10.2 Å². The van der Waals surface area contributed by atoms with Crippen molar-refractivity contribution in [3.63, 3.8) is 0 Å². The third-order valence-electron chi connectivity index (χ3n) is 6.68. The van der Waals surface area contributed by atoms with Gasteiger partial charge in [0.2, 0.25) is 11.8 Å². The van der Waals surface area contributed by atoms with Crippen LogP contribution in [-0.4, -0.2) is 70.1 Å². The lowest BCUT2D eigenvalue weighted by molar-refractivity contribution is -0.260. The second kappa shape index (κ2) is 9.58. The fourth-order valence-corrected chi connectivity index (χ4v) is 4.83. The maximum Gasteiger partial charge on any atom is 0.282 e. The molecule has 0 aliphatic carbocycles. The van der Waals surface area contributed by atoms with Gasteiger partial charge < -0.3 is 19.7 Å². The van der Waals surface area contributed by atoms with Crippen LogP contribution in [0.5, 0.6) is 5.75 Å². The number of amides is 3. The van der Waals surface area contributed by atoms with Crippen molar-refractivity contribution in [2.45, 2.75) is 37.9 Å². The number of hydrogen-bond acceptors (Lipinski definition) is 8. The normalized spacial score (nSPS) is 21.9. The number of carbonyl (C=O) groups is 3. The van der Waals surface area contributed by atoms with Gasteiger partial charge in [-0.1, -0.05) is 18.2 Å². The van der Waals surface area contributed by atoms with Gasteiger partial charge in [-0.05, 0) is 30.2 Å². The molecule has 3 aliphatic heterocycles. The monoisotopic (exact) mass is 499 g/mol. The smallest absolute Gasteiger partial charge is 0.282 e. The number of hydrogen-bond donors (Lipinski definition) is 3. The largest absolute Gasteiger partial charge is 0.488 e. The van der Waals surface area contributed by atoms with E-state index in [9.17, 15) is 29.0 Å². The number of fused-ring (bicyclic) bond motifs is 1. The van der Waals surface area contributed by atoms with Crippen LogP contribution >= 0.6 is 0 Å². The quantitative estimate of drug-likeness (QED) is 0.389. The molecule has 1 atom stereocenters. The first kappa shape index (κ1) is 24.3. The van der Waals surface area contributed by atoms with Gasteiger partial charge in [0.25, 0.3) is 11.8 Å². The van der Waals surface area contributed by atoms with Crippen LogP contribution in [0.1, 0.15) is 39.9 Å². The molecule has 11 heteroatoms. The molecule has 2 aromatic rings. The van der Waals surface area contributed by atoms with E-state index in [1.807, 2.05) is 6.07 Å². The van der Waals surface area contributed by atoms with Crippen LogP contribution in [0.15, 0.2) is 36.4 Å². The zero-order valence-corrected chi connectivity index (χ0v) is 19.4. The van der Waals surface area contributed by atoms with E-state index in [-0.39, 0.29) is 41.9 Å². The first-order chi connectivity index (χ1) is 17.3. The molecule has 3 amide bonds. The first-order valence-electron chi connectivity index (χ1n) is 11.7. The second-order valence-corrected chi connectivity index (χ2v) is 9.06. The van der Waals surface area contributed by atoms with E-state index in [1.54, 1.807) is 6.07 Å². The number of carbonyl (C=O) groups excluding carboxylic acids is 3. The molecular formula is C25H26FN3O7. The molecular weight excluding hydrogens is 473 g/mol. The number of morpholine rings is 1. The summed E-state index contributed by atoms with van der Waals surface area (Å²) in [6.07, 6.45) is -0.0950. The molecule has 5 rings (SSSR count). The Morgan fingerprint density at radius 1 is 1.14 bits per heavy atom. The number of imide groups is 1. The van der Waals surface area contributed by atoms with Crippen molar-refractivity contribution < 1.29 is 38.5 Å². The van der Waals surface area contributed by atoms with E-state index >= 15 is 0 Å². The Morgan fingerprint density at radius 3 is 2.64 bits per heavy atom. The summed E-state index contributed by atoms with van der Waals surface area (Å²) in [4.78, 5) is 39.7. The number of halogens is 1. The van der Waals surface area contributed by atoms with Crippen molar-refractivity contribution in [3.05, 3.63) is 64.5 Å². The summed E-state index contributed by atoms with van der Waals surface area (Å²) in [6.45, 7) is 3.24. The molecule has 2 aromatic carbocycles. The zero-order valence-electron chi connectivity index (χ0n) is 19.4. The minimum atomic E-state index is -2.86. The van der Waals surface area contributed by atoms with Crippen LogP contribution in [0.4, 0.5) is 4.39 Å². The molecule has 190 valence electrons. The highest BCUT2D eigenvalue weighted by molar-refractivity contribution is 6.06. The number of aliphatic hydroxyl groups is 2. The summed E-state index contributed by atoms with van der Waals surface area (Å²) in [6, 6.07) is 7.94. The Bertz CT molecular complexity index is 1210. The Hall–Kier alpha value is -3.38. The van der Waals surface area contributed by atoms with E-state index in [0.717, 1.165) is 18.7 Å². The van der Waals surface area contributed by atoms with E-state index in [0.29, 0.717) is 24.7 Å². The topological polar surface area (TPSA) is 129 Å². The predicted octanol–water partition coefficient (Wildman–Crippen LogP) is 0.593. The Balaban J connectivity index is 1.33. The van der Waals surface area contributed by atoms with Gasteiger partial charge in [0.05, 0.1) is 24.3 Å². The van der Waals surface area contributed by atoms with Gasteiger partial charge in [0, 0.05) is 31.6 Å². The van der Waals surface area contributed by atoms with Gasteiger partial charge in [-0.2, -0.15) is 0 Å². The summed E-state index contributed by atoms with van der Waals surface area (Å²) in [5.41, 5.74) is 0.785. The number of piperidine rings is 1. The third-order valence-corrected chi connectivity index (χ3v) is 6.68. The van der Waals surface area contributed by atoms with Crippen LogP contribution in [0.25, 0.3) is 0 Å². The third kappa shape index (κ3) is 4.46. The van der Waals surface area contributed by atoms with Crippen LogP contribution in [0.3, 0.4) is 0 Å². The minimum Gasteiger partial charge on any atom is -0.488 e. The second-order valence-electron chi connectivity index (χ2n) is 9.06. The van der Waals surface area contributed by atoms with E-state index in [4.69, 9.17) is 9.47 Å². The maximum absolute atomic E-state index is 14.8. The molecule has 0 saturated carbocycles. The van der Waals surface area contributed by atoms with Gasteiger partial charge >= 0.3 is 0 Å². The highest BCUT2D eigenvalue weighted by Gasteiger charge is 2.55. The van der Waals surface area contributed by atoms with Crippen LogP contribution < -0.4 is 10.1 Å². The summed E-state index contributed by atoms with van der Waals surface area (Å²) in [5.74, 6) is -5.42. The molecule has 1 unspecified atom stereocenters. The van der Waals surface area contributed by atoms with Crippen molar-refractivity contribution in [2.24, 2.45) is 0 Å². The molecule has 2 fully saturated rings. The summed E-state index contributed by atoms with van der Waals surface area (Å²) in [5, 5.41) is 24.0. The minimum absolute atomic E-state index is 0.0302. The van der Waals surface area contributed by atoms with Gasteiger partial charge in [-0.15, -0.1) is 0 Å². The fraction of sp³-hybridized carbons (Fsp3) is 0.400. The SMILES string of the molecule is O=C1CCC(N2C(=O)c3cccc(OCc4ccc(CN5CCOCC5)cc4F)c3C2(O)O)C(=O)N1. The fourth-order valence-electron chi connectivity index (χ4n) is 4.83. The molecule has 10 nitrogen and oxygen atoms in total. The predicted molar refractivity (Wildman–Crippen MR) is 122 cm³/mol. The van der Waals surface area contributed by atoms with Gasteiger partial charge in [-0.3, -0.25) is 29.5 Å². The highest BCUT2D eigenvalue weighted by Crippen LogP contribution is 2.43. The van der Waals surface area contributed by atoms with Crippen molar-refractivity contribution >= 4 is 17.7 Å². The summed E-state index contributed by atoms with van der Waals surface area (Å²) >= 11 is 0. The van der Waals surface area contributed by atoms with Gasteiger partial charge in [-0.25, -0.2) is 4.39 Å². The molecule has 0 radical (unpaired) electrons. The van der Waals surface area contributed by atoms with E-state index < -0.39 is 35.5 Å². The van der Waals surface area contributed by atoms with Crippen LogP contribution in [-0.2, 0) is 33.4 Å². The number of benzene rings is 2. The first-order valence-corrected chi connectivity index (χ1v) is 11.7. The van der Waals surface area contributed by atoms with Crippen LogP contribution in [0, 0.1) is 5.82 Å². The molecule has 3 aliphatic rings. The lowest BCUT2D eigenvalue weighted by Crippen LogP contribution is -2.58. The molecule has 3 heterocycles. The van der Waals surface area contributed by atoms with Gasteiger partial charge in [0.1, 0.15) is 24.2 Å². The van der Waals surface area contributed by atoms with Crippen molar-refractivity contribution in [1.29, 1.82) is 0 Å². The average Bonchev–Trinajstić information content (AvgIpc) is 3.05. The number of ether oxygens (including phenoxy) is 2. The van der Waals surface area contributed by atoms with Crippen LogP contribution in [0.2, 0.25) is 0 Å². The Labute approximate surface area is 206 Å². The molecule has 0 spiro atoms. The molecule has 36 heavy (non-hydrogen) atoms. The lowest BCUT2D eigenvalue weighted by Gasteiger charge is -2.36. The maximum atomic E-state index is 14.8. The highest BCUT2D eigenvalue weighted by atomic mass is 19.1. The summed E-state index contributed by atoms with van der Waals surface area (Å²) in [7, 11) is 0. The molecule has 2 saturated heterocycles.